The van der Waals surface area contributed by atoms with Gasteiger partial charge in [0.25, 0.3) is 0 Å². The lowest BCUT2D eigenvalue weighted by Gasteiger charge is -2.07. The van der Waals surface area contributed by atoms with E-state index in [2.05, 4.69) is 41.9 Å². The maximum absolute atomic E-state index is 5.17. The summed E-state index contributed by atoms with van der Waals surface area (Å²) in [6.07, 6.45) is 0. The Morgan fingerprint density at radius 3 is 3.00 bits per heavy atom. The predicted octanol–water partition coefficient (Wildman–Crippen LogP) is 1.26. The molecular weight excluding hydrogens is 286 g/mol. The van der Waals surface area contributed by atoms with Crippen LogP contribution in [-0.4, -0.2) is 27.7 Å². The normalized spacial score (nSPS) is 10.5. The van der Waals surface area contributed by atoms with Crippen molar-refractivity contribution in [3.05, 3.63) is 34.1 Å². The summed E-state index contributed by atoms with van der Waals surface area (Å²) < 4.78 is 6.21. The molecule has 0 unspecified atom stereocenters. The monoisotopic (exact) mass is 297 g/mol. The number of aromatic nitrogens is 4. The number of ether oxygens (including phenoxy) is 1. The SMILES string of the molecule is COc1ccc(Br)c(CNCc2nn[nH]n2)c1. The zero-order valence-corrected chi connectivity index (χ0v) is 10.9. The second kappa shape index (κ2) is 5.74. The molecule has 17 heavy (non-hydrogen) atoms. The van der Waals surface area contributed by atoms with Gasteiger partial charge < -0.3 is 10.1 Å². The van der Waals surface area contributed by atoms with Crippen LogP contribution in [0.1, 0.15) is 11.4 Å². The summed E-state index contributed by atoms with van der Waals surface area (Å²) in [5.41, 5.74) is 1.12. The van der Waals surface area contributed by atoms with Crippen molar-refractivity contribution < 1.29 is 4.74 Å². The molecule has 0 bridgehead atoms. The van der Waals surface area contributed by atoms with Crippen molar-refractivity contribution in [2.75, 3.05) is 7.11 Å². The lowest BCUT2D eigenvalue weighted by Crippen LogP contribution is -2.14. The Morgan fingerprint density at radius 1 is 1.41 bits per heavy atom. The second-order valence-corrected chi connectivity index (χ2v) is 4.24. The minimum Gasteiger partial charge on any atom is -0.497 e. The molecule has 0 saturated carbocycles. The number of halogens is 1. The van der Waals surface area contributed by atoms with Crippen LogP contribution in [-0.2, 0) is 13.1 Å². The molecule has 0 radical (unpaired) electrons. The fraction of sp³-hybridized carbons (Fsp3) is 0.300. The van der Waals surface area contributed by atoms with Crippen LogP contribution in [0.3, 0.4) is 0 Å². The first-order valence-electron chi connectivity index (χ1n) is 5.05. The molecule has 1 aromatic heterocycles. The number of hydrogen-bond acceptors (Lipinski definition) is 5. The zero-order valence-electron chi connectivity index (χ0n) is 9.27. The third kappa shape index (κ3) is 3.24. The van der Waals surface area contributed by atoms with Crippen LogP contribution in [0, 0.1) is 0 Å². The zero-order chi connectivity index (χ0) is 12.1. The molecule has 0 aliphatic rings. The Hall–Kier alpha value is -1.47. The number of aromatic amines is 1. The van der Waals surface area contributed by atoms with E-state index in [1.54, 1.807) is 7.11 Å². The second-order valence-electron chi connectivity index (χ2n) is 3.39. The number of tetrazole rings is 1. The van der Waals surface area contributed by atoms with Crippen LogP contribution in [0.4, 0.5) is 0 Å². The summed E-state index contributed by atoms with van der Waals surface area (Å²) in [5.74, 6) is 1.48. The maximum atomic E-state index is 5.17. The van der Waals surface area contributed by atoms with E-state index in [0.717, 1.165) is 15.8 Å². The smallest absolute Gasteiger partial charge is 0.188 e. The number of nitrogens with one attached hydrogen (secondary N) is 2. The molecule has 0 fully saturated rings. The number of benzene rings is 1. The van der Waals surface area contributed by atoms with Crippen molar-refractivity contribution >= 4 is 15.9 Å². The van der Waals surface area contributed by atoms with E-state index in [4.69, 9.17) is 4.74 Å². The van der Waals surface area contributed by atoms with Gasteiger partial charge in [0, 0.05) is 11.0 Å². The summed E-state index contributed by atoms with van der Waals surface area (Å²) in [6, 6.07) is 5.85. The van der Waals surface area contributed by atoms with Crippen LogP contribution in [0.25, 0.3) is 0 Å². The Morgan fingerprint density at radius 2 is 2.29 bits per heavy atom. The lowest BCUT2D eigenvalue weighted by atomic mass is 10.2. The van der Waals surface area contributed by atoms with Crippen LogP contribution in [0.15, 0.2) is 22.7 Å². The Labute approximate surface area is 107 Å². The lowest BCUT2D eigenvalue weighted by molar-refractivity contribution is 0.414. The Kier molecular flexibility index (Phi) is 4.05. The van der Waals surface area contributed by atoms with Crippen molar-refractivity contribution in [2.45, 2.75) is 13.1 Å². The van der Waals surface area contributed by atoms with E-state index in [1.807, 2.05) is 18.2 Å². The van der Waals surface area contributed by atoms with E-state index in [9.17, 15) is 0 Å². The number of hydrogen-bond donors (Lipinski definition) is 2. The third-order valence-electron chi connectivity index (χ3n) is 2.24. The molecule has 2 rings (SSSR count). The molecule has 7 heteroatoms. The standard InChI is InChI=1S/C10H12BrN5O/c1-17-8-2-3-9(11)7(4-8)5-12-6-10-13-15-16-14-10/h2-4,12H,5-6H2,1H3,(H,13,14,15,16). The van der Waals surface area contributed by atoms with Crippen LogP contribution < -0.4 is 10.1 Å². The first-order valence-corrected chi connectivity index (χ1v) is 5.84. The molecule has 0 atom stereocenters. The summed E-state index contributed by atoms with van der Waals surface area (Å²) in [6.45, 7) is 1.27. The van der Waals surface area contributed by atoms with Crippen molar-refractivity contribution in [3.8, 4) is 5.75 Å². The molecule has 1 heterocycles. The van der Waals surface area contributed by atoms with Gasteiger partial charge in [-0.15, -0.1) is 10.2 Å². The molecular formula is C10H12BrN5O. The van der Waals surface area contributed by atoms with Gasteiger partial charge in [-0.3, -0.25) is 0 Å². The number of H-pyrrole nitrogens is 1. The van der Waals surface area contributed by atoms with Crippen molar-refractivity contribution in [2.24, 2.45) is 0 Å². The van der Waals surface area contributed by atoms with Gasteiger partial charge in [-0.25, -0.2) is 0 Å². The largest absolute Gasteiger partial charge is 0.497 e. The first kappa shape index (κ1) is 12.0. The van der Waals surface area contributed by atoms with E-state index in [1.165, 1.54) is 0 Å². The van der Waals surface area contributed by atoms with Crippen LogP contribution in [0.5, 0.6) is 5.75 Å². The molecule has 6 nitrogen and oxygen atoms in total. The highest BCUT2D eigenvalue weighted by Crippen LogP contribution is 2.22. The summed E-state index contributed by atoms with van der Waals surface area (Å²) >= 11 is 3.49. The molecule has 2 aromatic rings. The van der Waals surface area contributed by atoms with Crippen LogP contribution in [0.2, 0.25) is 0 Å². The minimum atomic E-state index is 0.570. The van der Waals surface area contributed by atoms with Gasteiger partial charge in [0.05, 0.1) is 13.7 Å². The van der Waals surface area contributed by atoms with Crippen LogP contribution >= 0.6 is 15.9 Å². The van der Waals surface area contributed by atoms with Gasteiger partial charge in [-0.1, -0.05) is 21.1 Å². The molecule has 0 amide bonds. The highest BCUT2D eigenvalue weighted by atomic mass is 79.9. The fourth-order valence-corrected chi connectivity index (χ4v) is 1.77. The van der Waals surface area contributed by atoms with Gasteiger partial charge >= 0.3 is 0 Å². The molecule has 2 N–H and O–H groups in total. The molecule has 0 saturated heterocycles. The van der Waals surface area contributed by atoms with E-state index < -0.39 is 0 Å². The van der Waals surface area contributed by atoms with Gasteiger partial charge in [-0.2, -0.15) is 5.21 Å². The molecule has 90 valence electrons. The minimum absolute atomic E-state index is 0.570. The van der Waals surface area contributed by atoms with Gasteiger partial charge in [-0.05, 0) is 23.8 Å². The quantitative estimate of drug-likeness (QED) is 0.869. The molecule has 0 aliphatic heterocycles. The number of nitrogens with zero attached hydrogens (tertiary/aromatic N) is 3. The van der Waals surface area contributed by atoms with Crippen molar-refractivity contribution in [1.29, 1.82) is 0 Å². The highest BCUT2D eigenvalue weighted by Gasteiger charge is 2.03. The van der Waals surface area contributed by atoms with E-state index in [0.29, 0.717) is 18.9 Å². The van der Waals surface area contributed by atoms with E-state index in [-0.39, 0.29) is 0 Å². The highest BCUT2D eigenvalue weighted by molar-refractivity contribution is 9.10. The van der Waals surface area contributed by atoms with Gasteiger partial charge in [0.2, 0.25) is 0 Å². The topological polar surface area (TPSA) is 75.7 Å². The van der Waals surface area contributed by atoms with Crippen molar-refractivity contribution in [1.82, 2.24) is 25.9 Å². The summed E-state index contributed by atoms with van der Waals surface area (Å²) in [5, 5.41) is 16.8. The number of methoxy groups -OCH3 is 1. The Balaban J connectivity index is 1.94. The average molecular weight is 298 g/mol. The fourth-order valence-electron chi connectivity index (χ4n) is 1.38. The Bertz CT molecular complexity index is 474. The van der Waals surface area contributed by atoms with Gasteiger partial charge in [0.15, 0.2) is 5.82 Å². The maximum Gasteiger partial charge on any atom is 0.188 e. The summed E-state index contributed by atoms with van der Waals surface area (Å²) in [4.78, 5) is 0. The van der Waals surface area contributed by atoms with E-state index >= 15 is 0 Å². The van der Waals surface area contributed by atoms with Gasteiger partial charge in [0.1, 0.15) is 5.75 Å². The van der Waals surface area contributed by atoms with Crippen molar-refractivity contribution in [3.63, 3.8) is 0 Å². The third-order valence-corrected chi connectivity index (χ3v) is 3.01. The average Bonchev–Trinajstić information content (AvgIpc) is 2.84. The molecule has 0 aliphatic carbocycles. The number of rotatable bonds is 5. The molecule has 1 aromatic carbocycles. The first-order chi connectivity index (χ1) is 8.29. The summed E-state index contributed by atoms with van der Waals surface area (Å²) in [7, 11) is 1.65. The predicted molar refractivity (Wildman–Crippen MR) is 65.4 cm³/mol. The molecule has 0 spiro atoms.